The van der Waals surface area contributed by atoms with Gasteiger partial charge in [-0.15, -0.1) is 20.4 Å². The summed E-state index contributed by atoms with van der Waals surface area (Å²) in [6.07, 6.45) is 0. The fraction of sp³-hybridized carbons (Fsp3) is 0.143. The van der Waals surface area contributed by atoms with Crippen molar-refractivity contribution in [1.82, 2.24) is 20.4 Å². The average Bonchev–Trinajstić information content (AvgIpc) is 3.28. The summed E-state index contributed by atoms with van der Waals surface area (Å²) in [5, 5.41) is 21.6. The van der Waals surface area contributed by atoms with Crippen LogP contribution in [0.15, 0.2) is 39.0 Å². The Labute approximate surface area is 170 Å². The van der Waals surface area contributed by atoms with Crippen molar-refractivity contribution < 1.29 is 9.59 Å². The molecule has 9 nitrogen and oxygen atoms in total. The van der Waals surface area contributed by atoms with Gasteiger partial charge < -0.3 is 11.1 Å². The van der Waals surface area contributed by atoms with E-state index in [1.165, 1.54) is 46.2 Å². The summed E-state index contributed by atoms with van der Waals surface area (Å²) >= 11 is 4.93. The molecule has 2 amide bonds. The van der Waals surface area contributed by atoms with E-state index in [2.05, 4.69) is 31.0 Å². The molecule has 2 aromatic heterocycles. The summed E-state index contributed by atoms with van der Waals surface area (Å²) in [5.41, 5.74) is 6.23. The van der Waals surface area contributed by atoms with E-state index in [1.54, 1.807) is 0 Å². The Morgan fingerprint density at radius 3 is 2.19 bits per heavy atom. The Balaban J connectivity index is 1.41. The second-order valence-corrected chi connectivity index (χ2v) is 9.25. The second-order valence-electron chi connectivity index (χ2n) is 4.82. The zero-order chi connectivity index (χ0) is 19.1. The van der Waals surface area contributed by atoms with Gasteiger partial charge in [0.05, 0.1) is 11.5 Å². The molecule has 1 aromatic carbocycles. The van der Waals surface area contributed by atoms with Gasteiger partial charge in [0.25, 0.3) is 0 Å². The lowest BCUT2D eigenvalue weighted by molar-refractivity contribution is -0.114. The molecule has 27 heavy (non-hydrogen) atoms. The van der Waals surface area contributed by atoms with E-state index in [9.17, 15) is 9.59 Å². The van der Waals surface area contributed by atoms with E-state index in [0.29, 0.717) is 18.9 Å². The van der Waals surface area contributed by atoms with Crippen LogP contribution in [0.1, 0.15) is 0 Å². The van der Waals surface area contributed by atoms with Crippen molar-refractivity contribution in [2.24, 2.45) is 0 Å². The predicted molar refractivity (Wildman–Crippen MR) is 109 cm³/mol. The minimum absolute atomic E-state index is 0.139. The van der Waals surface area contributed by atoms with E-state index in [1.807, 2.05) is 30.3 Å². The molecule has 0 aliphatic rings. The molecule has 140 valence electrons. The van der Waals surface area contributed by atoms with Crippen molar-refractivity contribution in [1.29, 1.82) is 0 Å². The van der Waals surface area contributed by atoms with Gasteiger partial charge in [0.2, 0.25) is 22.1 Å². The van der Waals surface area contributed by atoms with Crippen LogP contribution in [0.2, 0.25) is 0 Å². The molecule has 0 atom stereocenters. The average molecular weight is 440 g/mol. The number of benzene rings is 1. The Hall–Kier alpha value is -2.22. The molecule has 0 spiro atoms. The van der Waals surface area contributed by atoms with Crippen LogP contribution >= 0.6 is 46.2 Å². The van der Waals surface area contributed by atoms with Crippen LogP contribution < -0.4 is 16.4 Å². The summed E-state index contributed by atoms with van der Waals surface area (Å²) < 4.78 is 1.22. The van der Waals surface area contributed by atoms with Gasteiger partial charge in [-0.25, -0.2) is 0 Å². The number of aromatic nitrogens is 4. The highest BCUT2D eigenvalue weighted by atomic mass is 32.2. The van der Waals surface area contributed by atoms with Crippen LogP contribution in [-0.2, 0) is 9.59 Å². The zero-order valence-electron chi connectivity index (χ0n) is 13.6. The first-order valence-corrected chi connectivity index (χ1v) is 11.0. The number of hydrogen-bond donors (Lipinski definition) is 3. The number of hydrogen-bond acceptors (Lipinski definition) is 11. The van der Waals surface area contributed by atoms with E-state index in [0.717, 1.165) is 5.69 Å². The monoisotopic (exact) mass is 439 g/mol. The van der Waals surface area contributed by atoms with Crippen LogP contribution in [0.3, 0.4) is 0 Å². The molecule has 3 aromatic rings. The maximum atomic E-state index is 11.9. The zero-order valence-corrected chi connectivity index (χ0v) is 16.9. The van der Waals surface area contributed by atoms with Crippen LogP contribution in [0.5, 0.6) is 0 Å². The minimum Gasteiger partial charge on any atom is -0.374 e. The lowest BCUT2D eigenvalue weighted by Crippen LogP contribution is -2.13. The van der Waals surface area contributed by atoms with E-state index in [4.69, 9.17) is 5.73 Å². The van der Waals surface area contributed by atoms with Crippen molar-refractivity contribution in [3.63, 3.8) is 0 Å². The molecule has 3 rings (SSSR count). The fourth-order valence-electron chi connectivity index (χ4n) is 1.73. The van der Waals surface area contributed by atoms with Gasteiger partial charge in [-0.3, -0.25) is 14.9 Å². The molecule has 0 radical (unpaired) electrons. The van der Waals surface area contributed by atoms with Crippen LogP contribution in [0.25, 0.3) is 0 Å². The molecule has 0 saturated heterocycles. The lowest BCUT2D eigenvalue weighted by atomic mass is 10.3. The number of amides is 2. The maximum absolute atomic E-state index is 11.9. The summed E-state index contributed by atoms with van der Waals surface area (Å²) in [4.78, 5) is 23.9. The van der Waals surface area contributed by atoms with Gasteiger partial charge in [0.15, 0.2) is 8.68 Å². The topological polar surface area (TPSA) is 136 Å². The van der Waals surface area contributed by atoms with E-state index >= 15 is 0 Å². The van der Waals surface area contributed by atoms with Gasteiger partial charge in [-0.2, -0.15) is 0 Å². The second kappa shape index (κ2) is 9.64. The van der Waals surface area contributed by atoms with Crippen LogP contribution in [0, 0.1) is 0 Å². The standard InChI is InChI=1S/C14H13N7O2S4/c15-11-18-20-13(26-11)24-7-10(23)17-12-19-21-14(27-12)25-6-9(22)16-8-4-2-1-3-5-8/h1-5H,6-7H2,(H2,15,18)(H,16,22)(H,17,19,23). The number of nitrogens with two attached hydrogens (primary N) is 1. The van der Waals surface area contributed by atoms with Crippen LogP contribution in [-0.4, -0.2) is 43.7 Å². The number of anilines is 3. The van der Waals surface area contributed by atoms with Gasteiger partial charge >= 0.3 is 0 Å². The first-order chi connectivity index (χ1) is 13.1. The Morgan fingerprint density at radius 2 is 1.52 bits per heavy atom. The number of nitrogens with one attached hydrogen (secondary N) is 2. The SMILES string of the molecule is Nc1nnc(SCC(=O)Nc2nnc(SCC(=O)Nc3ccccc3)s2)s1. The molecule has 0 fully saturated rings. The molecular weight excluding hydrogens is 426 g/mol. The Morgan fingerprint density at radius 1 is 0.889 bits per heavy atom. The number of carbonyl (C=O) groups is 2. The summed E-state index contributed by atoms with van der Waals surface area (Å²) in [6.45, 7) is 0. The van der Waals surface area contributed by atoms with Crippen molar-refractivity contribution >= 4 is 74.0 Å². The van der Waals surface area contributed by atoms with Crippen molar-refractivity contribution in [3.05, 3.63) is 30.3 Å². The van der Waals surface area contributed by atoms with Crippen molar-refractivity contribution in [2.45, 2.75) is 8.68 Å². The molecular formula is C14H13N7O2S4. The highest BCUT2D eigenvalue weighted by Gasteiger charge is 2.12. The van der Waals surface area contributed by atoms with Gasteiger partial charge in [0.1, 0.15) is 0 Å². The lowest BCUT2D eigenvalue weighted by Gasteiger charge is -2.02. The maximum Gasteiger partial charge on any atom is 0.236 e. The molecule has 13 heteroatoms. The van der Waals surface area contributed by atoms with Gasteiger partial charge in [-0.1, -0.05) is 64.4 Å². The number of thioether (sulfide) groups is 2. The molecule has 2 heterocycles. The third-order valence-corrected chi connectivity index (χ3v) is 6.64. The van der Waals surface area contributed by atoms with Crippen molar-refractivity contribution in [2.75, 3.05) is 27.9 Å². The third kappa shape index (κ3) is 6.46. The van der Waals surface area contributed by atoms with E-state index in [-0.39, 0.29) is 23.3 Å². The first-order valence-electron chi connectivity index (χ1n) is 7.41. The molecule has 0 unspecified atom stereocenters. The number of rotatable bonds is 8. The predicted octanol–water partition coefficient (Wildman–Crippen LogP) is 2.43. The normalized spacial score (nSPS) is 10.5. The van der Waals surface area contributed by atoms with Gasteiger partial charge in [-0.05, 0) is 12.1 Å². The van der Waals surface area contributed by atoms with Crippen molar-refractivity contribution in [3.8, 4) is 0 Å². The molecule has 0 saturated carbocycles. The molecule has 4 N–H and O–H groups in total. The highest BCUT2D eigenvalue weighted by Crippen LogP contribution is 2.27. The summed E-state index contributed by atoms with van der Waals surface area (Å²) in [5.74, 6) is -0.00915. The van der Waals surface area contributed by atoms with Crippen LogP contribution in [0.4, 0.5) is 16.0 Å². The number of para-hydroxylation sites is 1. The Bertz CT molecular complexity index is 915. The summed E-state index contributed by atoms with van der Waals surface area (Å²) in [6, 6.07) is 9.20. The Kier molecular flexibility index (Phi) is 6.98. The smallest absolute Gasteiger partial charge is 0.236 e. The molecule has 0 aliphatic heterocycles. The summed E-state index contributed by atoms with van der Waals surface area (Å²) in [7, 11) is 0. The molecule has 0 aliphatic carbocycles. The number of nitrogens with zero attached hydrogens (tertiary/aromatic N) is 4. The number of carbonyl (C=O) groups excluding carboxylic acids is 2. The first kappa shape index (κ1) is 19.5. The highest BCUT2D eigenvalue weighted by molar-refractivity contribution is 8.02. The third-order valence-electron chi connectivity index (χ3n) is 2.79. The quantitative estimate of drug-likeness (QED) is 0.357. The van der Waals surface area contributed by atoms with Gasteiger partial charge in [0, 0.05) is 5.69 Å². The fourth-order valence-corrected chi connectivity index (χ4v) is 4.73. The van der Waals surface area contributed by atoms with E-state index < -0.39 is 0 Å². The largest absolute Gasteiger partial charge is 0.374 e. The minimum atomic E-state index is -0.233. The number of nitrogen functional groups attached to an aromatic ring is 1. The molecule has 0 bridgehead atoms.